The Hall–Kier alpha value is -0.940. The lowest BCUT2D eigenvalue weighted by Gasteiger charge is -2.38. The zero-order valence-electron chi connectivity index (χ0n) is 12.1. The third-order valence-electron chi connectivity index (χ3n) is 4.00. The summed E-state index contributed by atoms with van der Waals surface area (Å²) in [5.74, 6) is 0. The molecule has 1 aliphatic rings. The summed E-state index contributed by atoms with van der Waals surface area (Å²) in [6.45, 7) is 4.75. The molecule has 2 atom stereocenters. The van der Waals surface area contributed by atoms with Gasteiger partial charge in [0.2, 0.25) is 0 Å². The van der Waals surface area contributed by atoms with E-state index in [0.29, 0.717) is 12.3 Å². The Morgan fingerprint density at radius 3 is 2.71 bits per heavy atom. The van der Waals surface area contributed by atoms with Crippen molar-refractivity contribution in [2.45, 2.75) is 50.9 Å². The van der Waals surface area contributed by atoms with Gasteiger partial charge >= 0.3 is 6.18 Å². The summed E-state index contributed by atoms with van der Waals surface area (Å²) in [4.78, 5) is 0. The van der Waals surface area contributed by atoms with Crippen molar-refractivity contribution in [1.29, 1.82) is 0 Å². The Kier molecular flexibility index (Phi) is 4.73. The number of benzene rings is 1. The van der Waals surface area contributed by atoms with Gasteiger partial charge in [-0.25, -0.2) is 0 Å². The van der Waals surface area contributed by atoms with Gasteiger partial charge in [0, 0.05) is 12.6 Å². The Morgan fingerprint density at radius 1 is 1.43 bits per heavy atom. The van der Waals surface area contributed by atoms with E-state index in [1.165, 1.54) is 6.07 Å². The van der Waals surface area contributed by atoms with Gasteiger partial charge in [0.25, 0.3) is 0 Å². The fraction of sp³-hybridized carbons (Fsp3) is 0.600. The average molecular weight is 322 g/mol. The third kappa shape index (κ3) is 4.04. The summed E-state index contributed by atoms with van der Waals surface area (Å²) in [6.07, 6.45) is -1.86. The van der Waals surface area contributed by atoms with Crippen molar-refractivity contribution in [2.24, 2.45) is 0 Å². The van der Waals surface area contributed by atoms with E-state index in [9.17, 15) is 13.2 Å². The molecule has 0 amide bonds. The van der Waals surface area contributed by atoms with Crippen LogP contribution >= 0.6 is 11.6 Å². The van der Waals surface area contributed by atoms with Crippen molar-refractivity contribution in [3.63, 3.8) is 0 Å². The highest BCUT2D eigenvalue weighted by Gasteiger charge is 2.33. The largest absolute Gasteiger partial charge is 0.416 e. The van der Waals surface area contributed by atoms with E-state index in [4.69, 9.17) is 16.3 Å². The van der Waals surface area contributed by atoms with Crippen LogP contribution in [0.4, 0.5) is 18.9 Å². The minimum absolute atomic E-state index is 0.0921. The molecule has 1 aromatic rings. The van der Waals surface area contributed by atoms with Crippen LogP contribution in [0.3, 0.4) is 0 Å². The molecule has 0 aliphatic carbocycles. The molecule has 1 fully saturated rings. The second-order valence-electron chi connectivity index (χ2n) is 5.68. The molecule has 118 valence electrons. The molecule has 0 aromatic heterocycles. The van der Waals surface area contributed by atoms with Crippen LogP contribution in [0.15, 0.2) is 18.2 Å². The zero-order chi connectivity index (χ0) is 15.7. The first-order valence-electron chi connectivity index (χ1n) is 7.01. The molecule has 1 aliphatic heterocycles. The van der Waals surface area contributed by atoms with Crippen molar-refractivity contribution in [2.75, 3.05) is 11.9 Å². The molecule has 1 heterocycles. The number of alkyl halides is 3. The first-order chi connectivity index (χ1) is 9.73. The van der Waals surface area contributed by atoms with Gasteiger partial charge in [-0.3, -0.25) is 0 Å². The molecule has 2 rings (SSSR count). The molecule has 1 saturated heterocycles. The van der Waals surface area contributed by atoms with E-state index >= 15 is 0 Å². The molecular formula is C15H19ClF3NO. The van der Waals surface area contributed by atoms with Crippen molar-refractivity contribution in [1.82, 2.24) is 0 Å². The summed E-state index contributed by atoms with van der Waals surface area (Å²) in [5.41, 5.74) is -0.382. The van der Waals surface area contributed by atoms with Gasteiger partial charge in [0.15, 0.2) is 0 Å². The van der Waals surface area contributed by atoms with Crippen LogP contribution in [-0.4, -0.2) is 18.2 Å². The molecule has 2 unspecified atom stereocenters. The smallest absolute Gasteiger partial charge is 0.381 e. The minimum atomic E-state index is -4.37. The fourth-order valence-corrected chi connectivity index (χ4v) is 2.76. The summed E-state index contributed by atoms with van der Waals surface area (Å²) < 4.78 is 43.6. The number of hydrogen-bond acceptors (Lipinski definition) is 2. The number of halogens is 4. The average Bonchev–Trinajstić information content (AvgIpc) is 2.40. The van der Waals surface area contributed by atoms with Gasteiger partial charge in [-0.2, -0.15) is 13.2 Å². The van der Waals surface area contributed by atoms with E-state index < -0.39 is 11.7 Å². The van der Waals surface area contributed by atoms with Gasteiger partial charge < -0.3 is 10.1 Å². The molecule has 0 bridgehead atoms. The monoisotopic (exact) mass is 321 g/mol. The number of nitrogens with one attached hydrogen (secondary N) is 1. The Morgan fingerprint density at radius 2 is 2.14 bits per heavy atom. The highest BCUT2D eigenvalue weighted by atomic mass is 35.5. The Bertz CT molecular complexity index is 506. The molecule has 6 heteroatoms. The summed E-state index contributed by atoms with van der Waals surface area (Å²) in [6, 6.07) is 3.55. The van der Waals surface area contributed by atoms with Crippen molar-refractivity contribution in [3.8, 4) is 0 Å². The summed E-state index contributed by atoms with van der Waals surface area (Å²) in [5, 5.41) is 3.33. The predicted molar refractivity (Wildman–Crippen MR) is 77.7 cm³/mol. The number of ether oxygens (including phenoxy) is 1. The summed E-state index contributed by atoms with van der Waals surface area (Å²) >= 11 is 5.97. The first kappa shape index (κ1) is 16.4. The molecule has 0 spiro atoms. The molecule has 21 heavy (non-hydrogen) atoms. The molecular weight excluding hydrogens is 303 g/mol. The van der Waals surface area contributed by atoms with Crippen LogP contribution in [0.1, 0.15) is 38.7 Å². The van der Waals surface area contributed by atoms with Gasteiger partial charge in [-0.15, -0.1) is 0 Å². The van der Waals surface area contributed by atoms with Crippen LogP contribution < -0.4 is 5.32 Å². The normalized spacial score (nSPS) is 26.7. The molecule has 1 aromatic carbocycles. The van der Waals surface area contributed by atoms with Crippen LogP contribution in [0.5, 0.6) is 0 Å². The van der Waals surface area contributed by atoms with Gasteiger partial charge in [0.1, 0.15) is 0 Å². The predicted octanol–water partition coefficient (Wildman–Crippen LogP) is 5.12. The quantitative estimate of drug-likeness (QED) is 0.834. The maximum absolute atomic E-state index is 12.6. The SMILES string of the molecule is CCC1(C)CC(Nc2ccc(C(F)(F)F)cc2Cl)CCO1. The highest BCUT2D eigenvalue weighted by Crippen LogP contribution is 2.35. The maximum Gasteiger partial charge on any atom is 0.416 e. The van der Waals surface area contributed by atoms with Crippen LogP contribution in [0, 0.1) is 0 Å². The minimum Gasteiger partial charge on any atom is -0.381 e. The number of rotatable bonds is 3. The lowest BCUT2D eigenvalue weighted by Crippen LogP contribution is -2.41. The standard InChI is InChI=1S/C15H19ClF3NO/c1-3-14(2)9-11(6-7-21-14)20-13-5-4-10(8-12(13)16)15(17,18)19/h4-5,8,11,20H,3,6-7,9H2,1-2H3. The van der Waals surface area contributed by atoms with Crippen LogP contribution in [0.2, 0.25) is 5.02 Å². The van der Waals surface area contributed by atoms with Crippen molar-refractivity contribution in [3.05, 3.63) is 28.8 Å². The van der Waals surface area contributed by atoms with E-state index in [0.717, 1.165) is 31.4 Å². The van der Waals surface area contributed by atoms with Crippen LogP contribution in [-0.2, 0) is 10.9 Å². The first-order valence-corrected chi connectivity index (χ1v) is 7.38. The van der Waals surface area contributed by atoms with E-state index in [1.807, 2.05) is 0 Å². The molecule has 2 nitrogen and oxygen atoms in total. The van der Waals surface area contributed by atoms with E-state index in [1.54, 1.807) is 0 Å². The van der Waals surface area contributed by atoms with Crippen molar-refractivity contribution >= 4 is 17.3 Å². The number of anilines is 1. The van der Waals surface area contributed by atoms with Gasteiger partial charge in [-0.05, 0) is 44.4 Å². The second kappa shape index (κ2) is 6.05. The van der Waals surface area contributed by atoms with Crippen LogP contribution in [0.25, 0.3) is 0 Å². The lowest BCUT2D eigenvalue weighted by atomic mass is 9.90. The molecule has 0 radical (unpaired) electrons. The van der Waals surface area contributed by atoms with Gasteiger partial charge in [-0.1, -0.05) is 18.5 Å². The van der Waals surface area contributed by atoms with E-state index in [2.05, 4.69) is 19.2 Å². The molecule has 0 saturated carbocycles. The third-order valence-corrected chi connectivity index (χ3v) is 4.31. The summed E-state index contributed by atoms with van der Waals surface area (Å²) in [7, 11) is 0. The van der Waals surface area contributed by atoms with Gasteiger partial charge in [0.05, 0.1) is 21.9 Å². The second-order valence-corrected chi connectivity index (χ2v) is 6.09. The zero-order valence-corrected chi connectivity index (χ0v) is 12.8. The van der Waals surface area contributed by atoms with E-state index in [-0.39, 0.29) is 16.7 Å². The Balaban J connectivity index is 2.10. The van der Waals surface area contributed by atoms with Crippen molar-refractivity contribution < 1.29 is 17.9 Å². The lowest BCUT2D eigenvalue weighted by molar-refractivity contribution is -0.137. The Labute approximate surface area is 127 Å². The maximum atomic E-state index is 12.6. The number of hydrogen-bond donors (Lipinski definition) is 1. The fourth-order valence-electron chi connectivity index (χ4n) is 2.53. The molecule has 1 N–H and O–H groups in total. The highest BCUT2D eigenvalue weighted by molar-refractivity contribution is 6.33. The topological polar surface area (TPSA) is 21.3 Å².